The van der Waals surface area contributed by atoms with Gasteiger partial charge in [-0.25, -0.2) is 13.2 Å². The first-order valence-electron chi connectivity index (χ1n) is 15.0. The van der Waals surface area contributed by atoms with Gasteiger partial charge in [-0.15, -0.1) is 0 Å². The minimum absolute atomic E-state index is 0.0510. The number of carbonyl (C=O) groups is 1. The van der Waals surface area contributed by atoms with Crippen molar-refractivity contribution >= 4 is 22.6 Å². The number of nitriles is 1. The molecule has 0 radical (unpaired) electrons. The molecule has 2 fully saturated rings. The lowest BCUT2D eigenvalue weighted by Gasteiger charge is -2.41. The number of halogens is 3. The number of aromatic nitrogens is 3. The second-order valence-electron chi connectivity index (χ2n) is 11.8. The van der Waals surface area contributed by atoms with Crippen LogP contribution in [0.1, 0.15) is 43.2 Å². The lowest BCUT2D eigenvalue weighted by atomic mass is 9.87. The number of pyridine rings is 1. The molecule has 4 heterocycles. The van der Waals surface area contributed by atoms with Gasteiger partial charge in [0, 0.05) is 49.0 Å². The van der Waals surface area contributed by atoms with Crippen LogP contribution in [0.2, 0.25) is 0 Å². The van der Waals surface area contributed by atoms with Gasteiger partial charge in [-0.3, -0.25) is 9.78 Å². The lowest BCUT2D eigenvalue weighted by molar-refractivity contribution is -0.131. The Hall–Kier alpha value is -4.24. The lowest BCUT2D eigenvalue weighted by Crippen LogP contribution is -2.55. The van der Waals surface area contributed by atoms with Gasteiger partial charge in [0.15, 0.2) is 11.6 Å². The third-order valence-corrected chi connectivity index (χ3v) is 9.06. The molecular formula is C32H34F3N7O2. The van der Waals surface area contributed by atoms with Crippen LogP contribution in [-0.2, 0) is 17.6 Å². The summed E-state index contributed by atoms with van der Waals surface area (Å²) in [6.45, 7) is 4.68. The van der Waals surface area contributed by atoms with Gasteiger partial charge < -0.3 is 19.4 Å². The fourth-order valence-corrected chi connectivity index (χ4v) is 6.70. The summed E-state index contributed by atoms with van der Waals surface area (Å²) in [5.41, 5.74) is 2.03. The summed E-state index contributed by atoms with van der Waals surface area (Å²) in [6, 6.07) is 2.69. The highest BCUT2D eigenvalue weighted by molar-refractivity contribution is 5.95. The number of fused-ring (bicyclic) bond motifs is 2. The number of likely N-dealkylation sites (tertiary alicyclic amines) is 1. The average Bonchev–Trinajstić information content (AvgIpc) is 3.44. The number of hydrogen-bond donors (Lipinski definition) is 0. The van der Waals surface area contributed by atoms with Gasteiger partial charge in [-0.2, -0.15) is 15.2 Å². The summed E-state index contributed by atoms with van der Waals surface area (Å²) < 4.78 is 52.4. The summed E-state index contributed by atoms with van der Waals surface area (Å²) in [6.07, 6.45) is 8.62. The van der Waals surface area contributed by atoms with Crippen LogP contribution in [0.4, 0.5) is 19.0 Å². The third kappa shape index (κ3) is 5.56. The van der Waals surface area contributed by atoms with E-state index >= 15 is 8.78 Å². The smallest absolute Gasteiger partial charge is 0.319 e. The molecular weight excluding hydrogens is 571 g/mol. The van der Waals surface area contributed by atoms with Crippen molar-refractivity contribution in [3.8, 4) is 23.2 Å². The third-order valence-electron chi connectivity index (χ3n) is 9.06. The summed E-state index contributed by atoms with van der Waals surface area (Å²) in [5.74, 6) is -3.38. The first-order valence-corrected chi connectivity index (χ1v) is 15.0. The second kappa shape index (κ2) is 12.4. The number of benzene rings is 1. The molecule has 1 aromatic carbocycles. The molecule has 230 valence electrons. The van der Waals surface area contributed by atoms with Crippen molar-refractivity contribution in [1.29, 1.82) is 5.26 Å². The summed E-state index contributed by atoms with van der Waals surface area (Å²) >= 11 is 0. The minimum Gasteiger partial charge on any atom is -0.462 e. The molecule has 9 nitrogen and oxygen atoms in total. The Morgan fingerprint density at radius 1 is 1.14 bits per heavy atom. The van der Waals surface area contributed by atoms with Crippen LogP contribution < -0.4 is 9.64 Å². The van der Waals surface area contributed by atoms with Crippen LogP contribution >= 0.6 is 0 Å². The highest BCUT2D eigenvalue weighted by atomic mass is 19.1. The summed E-state index contributed by atoms with van der Waals surface area (Å²) in [4.78, 5) is 31.0. The molecule has 1 unspecified atom stereocenters. The molecule has 1 aliphatic carbocycles. The van der Waals surface area contributed by atoms with Gasteiger partial charge in [-0.05, 0) is 69.3 Å². The molecule has 1 amide bonds. The first-order chi connectivity index (χ1) is 21.3. The number of piperazine rings is 1. The molecule has 0 N–H and O–H groups in total. The monoisotopic (exact) mass is 605 g/mol. The Kier molecular flexibility index (Phi) is 8.40. The summed E-state index contributed by atoms with van der Waals surface area (Å²) in [5, 5.41) is 9.58. The van der Waals surface area contributed by atoms with E-state index in [1.54, 1.807) is 11.1 Å². The number of amides is 1. The van der Waals surface area contributed by atoms with E-state index in [1.807, 2.05) is 13.1 Å². The van der Waals surface area contributed by atoms with E-state index in [4.69, 9.17) is 4.74 Å². The minimum atomic E-state index is -1.12. The van der Waals surface area contributed by atoms with Gasteiger partial charge in [0.1, 0.15) is 23.8 Å². The molecule has 44 heavy (non-hydrogen) atoms. The molecule has 0 bridgehead atoms. The van der Waals surface area contributed by atoms with E-state index in [-0.39, 0.29) is 60.4 Å². The van der Waals surface area contributed by atoms with Crippen LogP contribution in [0, 0.1) is 23.0 Å². The van der Waals surface area contributed by atoms with Crippen molar-refractivity contribution < 1.29 is 22.7 Å². The second-order valence-corrected chi connectivity index (χ2v) is 11.8. The fourth-order valence-electron chi connectivity index (χ4n) is 6.70. The van der Waals surface area contributed by atoms with E-state index < -0.39 is 29.4 Å². The molecule has 2 aliphatic heterocycles. The molecule has 2 atom stereocenters. The maximum absolute atomic E-state index is 16.6. The highest BCUT2D eigenvalue weighted by Gasteiger charge is 2.34. The quantitative estimate of drug-likeness (QED) is 0.357. The summed E-state index contributed by atoms with van der Waals surface area (Å²) in [7, 11) is 2.01. The van der Waals surface area contributed by atoms with Crippen molar-refractivity contribution in [2.75, 3.05) is 44.7 Å². The molecule has 6 rings (SSSR count). The Balaban J connectivity index is 1.45. The molecule has 2 aromatic heterocycles. The number of anilines is 1. The SMILES string of the molecule is C=C(F)C(=O)N1CCN(c2nc(OCC3CCCN3C)nc3c(F)c(-c4cncc5c4CCCC5)c(F)cc23)C[C@@H]1CC#N. The maximum Gasteiger partial charge on any atom is 0.319 e. The predicted molar refractivity (Wildman–Crippen MR) is 159 cm³/mol. The standard InChI is InChI=1S/C32H34F3N7O2/c1-19(33)31(43)42-13-12-41(17-21(42)9-10-36)30-24-14-26(34)27(25-16-37-15-20-6-3-4-8-23(20)25)28(35)29(24)38-32(39-30)44-18-22-7-5-11-40(22)2/h14-16,21-22H,1,3-9,11-13,17-18H2,2H3/t21-,22?/m0/s1. The van der Waals surface area contributed by atoms with Crippen molar-refractivity contribution in [3.05, 3.63) is 53.6 Å². The van der Waals surface area contributed by atoms with E-state index in [2.05, 4.69) is 26.4 Å². The number of aryl methyl sites for hydroxylation is 1. The van der Waals surface area contributed by atoms with Gasteiger partial charge in [-0.1, -0.05) is 6.58 Å². The van der Waals surface area contributed by atoms with Crippen LogP contribution in [0.5, 0.6) is 6.01 Å². The number of rotatable bonds is 7. The van der Waals surface area contributed by atoms with Crippen LogP contribution in [0.25, 0.3) is 22.0 Å². The molecule has 2 saturated heterocycles. The number of nitrogens with zero attached hydrogens (tertiary/aromatic N) is 7. The zero-order valence-corrected chi connectivity index (χ0v) is 24.7. The molecule has 0 saturated carbocycles. The van der Waals surface area contributed by atoms with Gasteiger partial charge >= 0.3 is 6.01 Å². The highest BCUT2D eigenvalue weighted by Crippen LogP contribution is 2.39. The zero-order valence-electron chi connectivity index (χ0n) is 24.7. The molecule has 3 aromatic rings. The van der Waals surface area contributed by atoms with Crippen LogP contribution in [0.3, 0.4) is 0 Å². The normalized spacial score (nSPS) is 20.4. The van der Waals surface area contributed by atoms with E-state index in [9.17, 15) is 14.4 Å². The largest absolute Gasteiger partial charge is 0.462 e. The van der Waals surface area contributed by atoms with Crippen molar-refractivity contribution in [2.45, 2.75) is 57.0 Å². The van der Waals surface area contributed by atoms with Crippen molar-refractivity contribution in [1.82, 2.24) is 24.8 Å². The average molecular weight is 606 g/mol. The Morgan fingerprint density at radius 2 is 1.95 bits per heavy atom. The number of ether oxygens (including phenoxy) is 1. The van der Waals surface area contributed by atoms with Gasteiger partial charge in [0.25, 0.3) is 5.91 Å². The Labute approximate surface area is 253 Å². The number of likely N-dealkylation sites (N-methyl/N-ethyl adjacent to an activating group) is 1. The number of hydrogen-bond acceptors (Lipinski definition) is 8. The first kappa shape index (κ1) is 29.8. The Bertz CT molecular complexity index is 1660. The zero-order chi connectivity index (χ0) is 31.0. The molecule has 3 aliphatic rings. The van der Waals surface area contributed by atoms with Crippen molar-refractivity contribution in [3.63, 3.8) is 0 Å². The van der Waals surface area contributed by atoms with Crippen molar-refractivity contribution in [2.24, 2.45) is 0 Å². The molecule has 12 heteroatoms. The van der Waals surface area contributed by atoms with Crippen LogP contribution in [-0.4, -0.2) is 82.6 Å². The van der Waals surface area contributed by atoms with E-state index in [1.165, 1.54) is 17.2 Å². The fraction of sp³-hybridized carbons (Fsp3) is 0.469. The molecule has 0 spiro atoms. The maximum atomic E-state index is 16.6. The van der Waals surface area contributed by atoms with Crippen LogP contribution in [0.15, 0.2) is 30.9 Å². The topological polar surface area (TPSA) is 98.5 Å². The predicted octanol–water partition coefficient (Wildman–Crippen LogP) is 4.74. The van der Waals surface area contributed by atoms with Gasteiger partial charge in [0.2, 0.25) is 0 Å². The van der Waals surface area contributed by atoms with E-state index in [0.29, 0.717) is 18.6 Å². The van der Waals surface area contributed by atoms with E-state index in [0.717, 1.165) is 49.8 Å². The number of carbonyl (C=O) groups excluding carboxylic acids is 1. The van der Waals surface area contributed by atoms with Gasteiger partial charge in [0.05, 0.1) is 24.1 Å². The Morgan fingerprint density at radius 3 is 2.70 bits per heavy atom.